The highest BCUT2D eigenvalue weighted by atomic mass is 19.1. The number of carbonyl (C=O) groups is 2. The predicted molar refractivity (Wildman–Crippen MR) is 94.8 cm³/mol. The predicted octanol–water partition coefficient (Wildman–Crippen LogP) is 0.273. The lowest BCUT2D eigenvalue weighted by Gasteiger charge is -2.30. The molecule has 0 spiro atoms. The van der Waals surface area contributed by atoms with Gasteiger partial charge in [0.05, 0.1) is 26.3 Å². The van der Waals surface area contributed by atoms with Crippen LogP contribution in [0.2, 0.25) is 0 Å². The number of aromatic amines is 1. The summed E-state index contributed by atoms with van der Waals surface area (Å²) in [6.45, 7) is 0.332. The molecule has 0 radical (unpaired) electrons. The second-order valence-electron chi connectivity index (χ2n) is 6.63. The number of amides is 2. The first-order chi connectivity index (χ1) is 12.9. The van der Waals surface area contributed by atoms with Crippen LogP contribution in [0.3, 0.4) is 0 Å². The molecule has 1 aromatic carbocycles. The molecule has 1 aliphatic heterocycles. The van der Waals surface area contributed by atoms with Crippen LogP contribution in [0.4, 0.5) is 4.39 Å². The molecule has 0 bridgehead atoms. The number of methoxy groups -OCH3 is 1. The van der Waals surface area contributed by atoms with Gasteiger partial charge in [0.25, 0.3) is 5.91 Å². The lowest BCUT2D eigenvalue weighted by Crippen LogP contribution is -2.53. The van der Waals surface area contributed by atoms with Gasteiger partial charge in [-0.05, 0) is 24.3 Å². The number of nitrogens with one attached hydrogen (secondary N) is 2. The van der Waals surface area contributed by atoms with Gasteiger partial charge in [0.2, 0.25) is 5.91 Å². The van der Waals surface area contributed by atoms with Crippen LogP contribution >= 0.6 is 0 Å². The van der Waals surface area contributed by atoms with Crippen LogP contribution in [0.25, 0.3) is 10.9 Å². The summed E-state index contributed by atoms with van der Waals surface area (Å²) in [5.74, 6) is -1.09. The average molecular weight is 379 g/mol. The number of aliphatic hydroxyl groups is 1. The Hall–Kier alpha value is -2.49. The number of carbonyl (C=O) groups excluding carboxylic acids is 2. The highest BCUT2D eigenvalue weighted by molar-refractivity contribution is 5.98. The number of ether oxygens (including phenoxy) is 2. The van der Waals surface area contributed by atoms with Gasteiger partial charge in [-0.2, -0.15) is 0 Å². The summed E-state index contributed by atoms with van der Waals surface area (Å²) in [6.07, 6.45) is 0. The van der Waals surface area contributed by atoms with Gasteiger partial charge in [0.15, 0.2) is 0 Å². The Kier molecular flexibility index (Phi) is 5.73. The minimum Gasteiger partial charge on any atom is -0.384 e. The summed E-state index contributed by atoms with van der Waals surface area (Å²) in [7, 11) is 1.40. The third kappa shape index (κ3) is 4.62. The second-order valence-corrected chi connectivity index (χ2v) is 6.63. The third-order valence-electron chi connectivity index (χ3n) is 4.35. The van der Waals surface area contributed by atoms with Crippen molar-refractivity contribution in [2.45, 2.75) is 5.60 Å². The van der Waals surface area contributed by atoms with Crippen molar-refractivity contribution in [1.82, 2.24) is 15.2 Å². The average Bonchev–Trinajstić information content (AvgIpc) is 2.95. The molecule has 2 aromatic rings. The summed E-state index contributed by atoms with van der Waals surface area (Å²) < 4.78 is 23.5. The van der Waals surface area contributed by atoms with Gasteiger partial charge in [0, 0.05) is 24.6 Å². The standard InChI is InChI=1S/C18H22FN3O5/c1-26-8-16(23)20-9-18(25)10-22(4-5-27-11-18)17(24)15-7-12-6-13(19)2-3-14(12)21-15/h2-3,6-7,21,25H,4-5,8-11H2,1H3,(H,20,23). The van der Waals surface area contributed by atoms with Crippen molar-refractivity contribution >= 4 is 22.7 Å². The Morgan fingerprint density at radius 2 is 2.26 bits per heavy atom. The van der Waals surface area contributed by atoms with Crippen LogP contribution in [-0.4, -0.2) is 79.0 Å². The van der Waals surface area contributed by atoms with Crippen molar-refractivity contribution in [2.24, 2.45) is 0 Å². The molecule has 9 heteroatoms. The molecular weight excluding hydrogens is 357 g/mol. The Bertz CT molecular complexity index is 840. The maximum absolute atomic E-state index is 13.4. The highest BCUT2D eigenvalue weighted by Crippen LogP contribution is 2.20. The van der Waals surface area contributed by atoms with Crippen LogP contribution in [0, 0.1) is 5.82 Å². The molecule has 2 amide bonds. The highest BCUT2D eigenvalue weighted by Gasteiger charge is 2.35. The zero-order chi connectivity index (χ0) is 19.4. The summed E-state index contributed by atoms with van der Waals surface area (Å²) >= 11 is 0. The maximum Gasteiger partial charge on any atom is 0.270 e. The van der Waals surface area contributed by atoms with Crippen molar-refractivity contribution < 1.29 is 28.6 Å². The normalized spacial score (nSPS) is 20.5. The molecule has 1 saturated heterocycles. The SMILES string of the molecule is COCC(=O)NCC1(O)COCCN(C(=O)c2cc3cc(F)ccc3[nH]2)C1. The Labute approximate surface area is 155 Å². The molecule has 1 aromatic heterocycles. The van der Waals surface area contributed by atoms with Crippen molar-refractivity contribution in [2.75, 3.05) is 46.6 Å². The van der Waals surface area contributed by atoms with Crippen molar-refractivity contribution in [1.29, 1.82) is 0 Å². The molecule has 1 aliphatic rings. The van der Waals surface area contributed by atoms with Crippen LogP contribution in [0.1, 0.15) is 10.5 Å². The molecule has 1 fully saturated rings. The third-order valence-corrected chi connectivity index (χ3v) is 4.35. The summed E-state index contributed by atoms with van der Waals surface area (Å²) in [5.41, 5.74) is -0.482. The maximum atomic E-state index is 13.4. The number of H-pyrrole nitrogens is 1. The van der Waals surface area contributed by atoms with Gasteiger partial charge in [-0.3, -0.25) is 9.59 Å². The van der Waals surface area contributed by atoms with Gasteiger partial charge in [-0.15, -0.1) is 0 Å². The quantitative estimate of drug-likeness (QED) is 0.692. The number of fused-ring (bicyclic) bond motifs is 1. The molecule has 2 heterocycles. The number of aromatic nitrogens is 1. The van der Waals surface area contributed by atoms with E-state index >= 15 is 0 Å². The lowest BCUT2D eigenvalue weighted by atomic mass is 10.0. The summed E-state index contributed by atoms with van der Waals surface area (Å²) in [4.78, 5) is 28.9. The molecule has 8 nitrogen and oxygen atoms in total. The molecule has 0 aliphatic carbocycles. The fourth-order valence-electron chi connectivity index (χ4n) is 3.03. The molecule has 27 heavy (non-hydrogen) atoms. The van der Waals surface area contributed by atoms with E-state index in [-0.39, 0.29) is 57.1 Å². The van der Waals surface area contributed by atoms with E-state index in [1.807, 2.05) is 0 Å². The molecule has 3 N–H and O–H groups in total. The van der Waals surface area contributed by atoms with Crippen molar-refractivity contribution in [3.63, 3.8) is 0 Å². The van der Waals surface area contributed by atoms with E-state index in [0.717, 1.165) is 0 Å². The minimum atomic E-state index is -1.42. The number of hydrogen-bond donors (Lipinski definition) is 3. The number of rotatable bonds is 5. The number of halogens is 1. The zero-order valence-corrected chi connectivity index (χ0v) is 15.0. The van der Waals surface area contributed by atoms with E-state index in [4.69, 9.17) is 9.47 Å². The Balaban J connectivity index is 1.73. The smallest absolute Gasteiger partial charge is 0.270 e. The summed E-state index contributed by atoms with van der Waals surface area (Å²) in [5, 5.41) is 13.9. The second kappa shape index (κ2) is 8.03. The number of nitrogens with zero attached hydrogens (tertiary/aromatic N) is 1. The van der Waals surface area contributed by atoms with E-state index in [1.54, 1.807) is 12.1 Å². The molecule has 146 valence electrons. The van der Waals surface area contributed by atoms with Gasteiger partial charge >= 0.3 is 0 Å². The largest absolute Gasteiger partial charge is 0.384 e. The first kappa shape index (κ1) is 19.3. The first-order valence-electron chi connectivity index (χ1n) is 8.53. The van der Waals surface area contributed by atoms with Crippen LogP contribution in [0.15, 0.2) is 24.3 Å². The van der Waals surface area contributed by atoms with Gasteiger partial charge < -0.3 is 29.8 Å². The zero-order valence-electron chi connectivity index (χ0n) is 15.0. The van der Waals surface area contributed by atoms with E-state index in [9.17, 15) is 19.1 Å². The van der Waals surface area contributed by atoms with Crippen LogP contribution < -0.4 is 5.32 Å². The van der Waals surface area contributed by atoms with E-state index < -0.39 is 5.60 Å². The van der Waals surface area contributed by atoms with Crippen LogP contribution in [-0.2, 0) is 14.3 Å². The Morgan fingerprint density at radius 1 is 1.44 bits per heavy atom. The minimum absolute atomic E-state index is 0.0111. The molecule has 0 saturated carbocycles. The first-order valence-corrected chi connectivity index (χ1v) is 8.53. The number of hydrogen-bond acceptors (Lipinski definition) is 5. The van der Waals surface area contributed by atoms with Gasteiger partial charge in [0.1, 0.15) is 23.7 Å². The van der Waals surface area contributed by atoms with E-state index in [0.29, 0.717) is 16.6 Å². The van der Waals surface area contributed by atoms with Crippen molar-refractivity contribution in [3.05, 3.63) is 35.8 Å². The van der Waals surface area contributed by atoms with Gasteiger partial charge in [-0.1, -0.05) is 0 Å². The summed E-state index contributed by atoms with van der Waals surface area (Å²) in [6, 6.07) is 5.80. The molecular formula is C18H22FN3O5. The Morgan fingerprint density at radius 3 is 3.04 bits per heavy atom. The van der Waals surface area contributed by atoms with Crippen molar-refractivity contribution in [3.8, 4) is 0 Å². The van der Waals surface area contributed by atoms with Gasteiger partial charge in [-0.25, -0.2) is 4.39 Å². The molecule has 1 unspecified atom stereocenters. The fourth-order valence-corrected chi connectivity index (χ4v) is 3.03. The monoisotopic (exact) mass is 379 g/mol. The van der Waals surface area contributed by atoms with E-state index in [2.05, 4.69) is 10.3 Å². The molecule has 3 rings (SSSR count). The van der Waals surface area contributed by atoms with E-state index in [1.165, 1.54) is 24.1 Å². The number of benzene rings is 1. The van der Waals surface area contributed by atoms with Crippen LogP contribution in [0.5, 0.6) is 0 Å². The number of β-amino-alcohol motifs (C(OH)–C–C–N with tert-alkyl or cyclic N) is 1. The molecule has 1 atom stereocenters. The topological polar surface area (TPSA) is 104 Å². The fraction of sp³-hybridized carbons (Fsp3) is 0.444. The lowest BCUT2D eigenvalue weighted by molar-refractivity contribution is -0.126.